The van der Waals surface area contributed by atoms with Gasteiger partial charge in [0.05, 0.1) is 5.71 Å². The van der Waals surface area contributed by atoms with E-state index in [1.807, 2.05) is 0 Å². The Labute approximate surface area is 48.7 Å². The molecule has 8 heavy (non-hydrogen) atoms. The molecule has 0 spiro atoms. The Balaban J connectivity index is 3.79. The summed E-state index contributed by atoms with van der Waals surface area (Å²) in [5, 5.41) is 6.54. The molecule has 0 saturated heterocycles. The quantitative estimate of drug-likeness (QED) is 0.404. The van der Waals surface area contributed by atoms with E-state index in [0.717, 1.165) is 12.1 Å². The van der Waals surface area contributed by atoms with E-state index in [9.17, 15) is 0 Å². The van der Waals surface area contributed by atoms with E-state index in [0.29, 0.717) is 0 Å². The smallest absolute Gasteiger partial charge is 0.107 e. The van der Waals surface area contributed by atoms with Gasteiger partial charge >= 0.3 is 0 Å². The molecule has 0 aromatic carbocycles. The third kappa shape index (κ3) is 3.21. The minimum atomic E-state index is 0.752. The topological polar surface area (TPSA) is 48.6 Å². The Bertz CT molecular complexity index is 124. The molecule has 0 radical (unpaired) electrons. The molecule has 0 atom stereocenters. The van der Waals surface area contributed by atoms with Crippen LogP contribution in [0.15, 0.2) is 9.98 Å². The molecule has 0 unspecified atom stereocenters. The highest BCUT2D eigenvalue weighted by atomic mass is 14.8. The largest absolute Gasteiger partial charge is 0.295 e. The highest BCUT2D eigenvalue weighted by Gasteiger charge is 1.75. The lowest BCUT2D eigenvalue weighted by Crippen LogP contribution is -1.90. The van der Waals surface area contributed by atoms with Gasteiger partial charge in [0.1, 0.15) is 6.34 Å². The fourth-order valence-electron chi connectivity index (χ4n) is 0.322. The summed E-state index contributed by atoms with van der Waals surface area (Å²) in [6, 6.07) is 0. The van der Waals surface area contributed by atoms with Gasteiger partial charge in [-0.25, -0.2) is 4.99 Å². The van der Waals surface area contributed by atoms with E-state index >= 15 is 0 Å². The lowest BCUT2D eigenvalue weighted by atomic mass is 10.5. The van der Waals surface area contributed by atoms with Crippen LogP contribution in [0.4, 0.5) is 0 Å². The summed E-state index contributed by atoms with van der Waals surface area (Å²) in [7, 11) is 1.67. The van der Waals surface area contributed by atoms with E-state index in [4.69, 9.17) is 5.41 Å². The predicted molar refractivity (Wildman–Crippen MR) is 36.3 cm³/mol. The van der Waals surface area contributed by atoms with Crippen LogP contribution in [0.25, 0.3) is 0 Å². The van der Waals surface area contributed by atoms with Crippen LogP contribution >= 0.6 is 0 Å². The third-order valence-corrected chi connectivity index (χ3v) is 0.584. The summed E-state index contributed by atoms with van der Waals surface area (Å²) >= 11 is 0. The highest BCUT2D eigenvalue weighted by Crippen LogP contribution is 1.67. The Morgan fingerprint density at radius 3 is 2.62 bits per heavy atom. The number of hydrogen-bond acceptors (Lipinski definition) is 2. The number of hydrogen-bond donors (Lipinski definition) is 1. The SMILES string of the molecule is C/N=C\C(C)=N/C=N. The van der Waals surface area contributed by atoms with E-state index in [1.54, 1.807) is 20.2 Å². The van der Waals surface area contributed by atoms with Gasteiger partial charge in [-0.1, -0.05) is 0 Å². The molecule has 3 nitrogen and oxygen atoms in total. The van der Waals surface area contributed by atoms with Gasteiger partial charge in [0.25, 0.3) is 0 Å². The van der Waals surface area contributed by atoms with Crippen molar-refractivity contribution in [2.24, 2.45) is 9.98 Å². The van der Waals surface area contributed by atoms with Crippen LogP contribution < -0.4 is 0 Å². The van der Waals surface area contributed by atoms with Crippen LogP contribution in [0.2, 0.25) is 0 Å². The molecule has 0 heterocycles. The molecule has 0 aromatic rings. The van der Waals surface area contributed by atoms with Crippen molar-refractivity contribution >= 4 is 18.3 Å². The van der Waals surface area contributed by atoms with Crippen molar-refractivity contribution in [2.45, 2.75) is 6.92 Å². The van der Waals surface area contributed by atoms with Crippen molar-refractivity contribution in [1.82, 2.24) is 0 Å². The third-order valence-electron chi connectivity index (χ3n) is 0.584. The van der Waals surface area contributed by atoms with E-state index in [2.05, 4.69) is 9.98 Å². The molecule has 0 aliphatic carbocycles. The second-order valence-corrected chi connectivity index (χ2v) is 1.29. The van der Waals surface area contributed by atoms with Gasteiger partial charge in [-0.3, -0.25) is 10.4 Å². The predicted octanol–water partition coefficient (Wildman–Crippen LogP) is 0.755. The normalized spacial score (nSPS) is 12.5. The molecular formula is C5H9N3. The standard InChI is InChI=1S/C5H9N3/c1-5(3-7-2)8-4-6/h3-4,6H,1-2H3/b6-4?,7-3-,8-5-. The number of aliphatic imine (C=N–C) groups is 2. The lowest BCUT2D eigenvalue weighted by molar-refractivity contribution is 1.47. The van der Waals surface area contributed by atoms with Crippen LogP contribution in [0.5, 0.6) is 0 Å². The van der Waals surface area contributed by atoms with Crippen molar-refractivity contribution in [1.29, 1.82) is 5.41 Å². The van der Waals surface area contributed by atoms with Gasteiger partial charge in [-0.2, -0.15) is 0 Å². The average molecular weight is 111 g/mol. The van der Waals surface area contributed by atoms with Crippen molar-refractivity contribution in [2.75, 3.05) is 7.05 Å². The summed E-state index contributed by atoms with van der Waals surface area (Å²) < 4.78 is 0. The number of rotatable bonds is 2. The lowest BCUT2D eigenvalue weighted by Gasteiger charge is -1.80. The molecule has 0 aliphatic rings. The molecule has 0 amide bonds. The zero-order valence-electron chi connectivity index (χ0n) is 5.05. The Morgan fingerprint density at radius 1 is 1.62 bits per heavy atom. The summed E-state index contributed by atoms with van der Waals surface area (Å²) in [4.78, 5) is 7.32. The first kappa shape index (κ1) is 7.01. The van der Waals surface area contributed by atoms with Gasteiger partial charge in [0.15, 0.2) is 0 Å². The van der Waals surface area contributed by atoms with Crippen LogP contribution in [-0.4, -0.2) is 25.3 Å². The van der Waals surface area contributed by atoms with Crippen LogP contribution in [0.1, 0.15) is 6.92 Å². The van der Waals surface area contributed by atoms with Crippen molar-refractivity contribution in [3.63, 3.8) is 0 Å². The molecule has 0 rings (SSSR count). The summed E-state index contributed by atoms with van der Waals surface area (Å²) in [5.41, 5.74) is 0.752. The second-order valence-electron chi connectivity index (χ2n) is 1.29. The highest BCUT2D eigenvalue weighted by molar-refractivity contribution is 6.30. The van der Waals surface area contributed by atoms with Crippen molar-refractivity contribution in [3.8, 4) is 0 Å². The Hall–Kier alpha value is -0.990. The molecule has 1 N–H and O–H groups in total. The molecule has 44 valence electrons. The average Bonchev–Trinajstić information content (AvgIpc) is 1.68. The fourth-order valence-corrected chi connectivity index (χ4v) is 0.322. The molecule has 0 saturated carbocycles. The maximum atomic E-state index is 6.54. The second kappa shape index (κ2) is 4.18. The maximum Gasteiger partial charge on any atom is 0.107 e. The Morgan fingerprint density at radius 2 is 2.25 bits per heavy atom. The van der Waals surface area contributed by atoms with E-state index in [-0.39, 0.29) is 0 Å². The van der Waals surface area contributed by atoms with Gasteiger partial charge < -0.3 is 0 Å². The van der Waals surface area contributed by atoms with Crippen LogP contribution in [0.3, 0.4) is 0 Å². The zero-order chi connectivity index (χ0) is 6.41. The van der Waals surface area contributed by atoms with Gasteiger partial charge in [-0.15, -0.1) is 0 Å². The minimum absolute atomic E-state index is 0.752. The molecule has 3 heteroatoms. The van der Waals surface area contributed by atoms with Crippen LogP contribution in [-0.2, 0) is 0 Å². The molecular weight excluding hydrogens is 102 g/mol. The fraction of sp³-hybridized carbons (Fsp3) is 0.400. The van der Waals surface area contributed by atoms with Gasteiger partial charge in [-0.05, 0) is 6.92 Å². The van der Waals surface area contributed by atoms with E-state index in [1.165, 1.54) is 0 Å². The summed E-state index contributed by atoms with van der Waals surface area (Å²) in [6.07, 6.45) is 2.60. The van der Waals surface area contributed by atoms with Crippen LogP contribution in [0, 0.1) is 5.41 Å². The first-order chi connectivity index (χ1) is 3.81. The zero-order valence-corrected chi connectivity index (χ0v) is 5.05. The maximum absolute atomic E-state index is 6.54. The monoisotopic (exact) mass is 111 g/mol. The molecule has 0 bridgehead atoms. The summed E-state index contributed by atoms with van der Waals surface area (Å²) in [5.74, 6) is 0. The number of nitrogens with one attached hydrogen (secondary N) is 1. The molecule has 0 fully saturated rings. The molecule has 0 aliphatic heterocycles. The van der Waals surface area contributed by atoms with E-state index < -0.39 is 0 Å². The molecule has 0 aromatic heterocycles. The van der Waals surface area contributed by atoms with Crippen molar-refractivity contribution in [3.05, 3.63) is 0 Å². The first-order valence-electron chi connectivity index (χ1n) is 2.26. The number of nitrogens with zero attached hydrogens (tertiary/aromatic N) is 2. The first-order valence-corrected chi connectivity index (χ1v) is 2.26. The summed E-state index contributed by atoms with van der Waals surface area (Å²) in [6.45, 7) is 1.79. The minimum Gasteiger partial charge on any atom is -0.295 e. The van der Waals surface area contributed by atoms with Crippen molar-refractivity contribution < 1.29 is 0 Å². The van der Waals surface area contributed by atoms with Gasteiger partial charge in [0.2, 0.25) is 0 Å². The van der Waals surface area contributed by atoms with Gasteiger partial charge in [0, 0.05) is 13.3 Å². The Kier molecular flexibility index (Phi) is 3.66.